The predicted octanol–water partition coefficient (Wildman–Crippen LogP) is 1.77. The number of halogens is 1. The molecule has 1 aromatic heterocycles. The molecule has 0 aliphatic heterocycles. The summed E-state index contributed by atoms with van der Waals surface area (Å²) in [6.45, 7) is 2.28. The van der Waals surface area contributed by atoms with Crippen molar-refractivity contribution in [2.24, 2.45) is 0 Å². The summed E-state index contributed by atoms with van der Waals surface area (Å²) in [7, 11) is 1.48. The molecule has 1 heterocycles. The average Bonchev–Trinajstić information content (AvgIpc) is 2.33. The van der Waals surface area contributed by atoms with Gasteiger partial charge in [0.05, 0.1) is 19.8 Å². The lowest BCUT2D eigenvalue weighted by atomic mass is 10.4. The largest absolute Gasteiger partial charge is 0.496 e. The molecule has 0 aromatic carbocycles. The third-order valence-electron chi connectivity index (χ3n) is 1.92. The highest BCUT2D eigenvalue weighted by Gasteiger charge is 2.06. The quantitative estimate of drug-likeness (QED) is 0.554. The Kier molecular flexibility index (Phi) is 6.04. The summed E-state index contributed by atoms with van der Waals surface area (Å²) in [6, 6.07) is 2.85. The van der Waals surface area contributed by atoms with Gasteiger partial charge in [0.25, 0.3) is 0 Å². The number of alkyl halides is 1. The highest BCUT2D eigenvalue weighted by Crippen LogP contribution is 2.11. The highest BCUT2D eigenvalue weighted by atomic mass is 35.5. The second-order valence-electron chi connectivity index (χ2n) is 3.22. The first-order chi connectivity index (χ1) is 8.15. The van der Waals surface area contributed by atoms with Crippen LogP contribution in [0.5, 0.6) is 5.75 Å². The van der Waals surface area contributed by atoms with Crippen molar-refractivity contribution >= 4 is 11.6 Å². The molecular formula is C11H15ClO5. The van der Waals surface area contributed by atoms with Gasteiger partial charge in [-0.3, -0.25) is 0 Å². The van der Waals surface area contributed by atoms with Crippen LogP contribution in [0.2, 0.25) is 0 Å². The summed E-state index contributed by atoms with van der Waals surface area (Å²) in [5.74, 6) is 1.23. The molecule has 1 atom stereocenters. The van der Waals surface area contributed by atoms with Crippen LogP contribution in [0.1, 0.15) is 12.7 Å². The summed E-state index contributed by atoms with van der Waals surface area (Å²) in [5.41, 5.74) is -0.475. The molecule has 0 aliphatic rings. The van der Waals surface area contributed by atoms with E-state index < -0.39 is 11.9 Å². The first-order valence-electron chi connectivity index (χ1n) is 5.13. The first kappa shape index (κ1) is 14.0. The van der Waals surface area contributed by atoms with Crippen molar-refractivity contribution in [3.8, 4) is 5.75 Å². The maximum Gasteiger partial charge on any atom is 0.339 e. The zero-order valence-corrected chi connectivity index (χ0v) is 10.5. The summed E-state index contributed by atoms with van der Waals surface area (Å²) in [6.07, 6.45) is -0.412. The topological polar surface area (TPSA) is 57.9 Å². The highest BCUT2D eigenvalue weighted by molar-refractivity contribution is 6.17. The second kappa shape index (κ2) is 7.32. The van der Waals surface area contributed by atoms with Gasteiger partial charge in [-0.15, -0.1) is 11.6 Å². The summed E-state index contributed by atoms with van der Waals surface area (Å²) in [5, 5.41) is 0. The molecule has 0 N–H and O–H groups in total. The van der Waals surface area contributed by atoms with Crippen LogP contribution < -0.4 is 10.4 Å². The van der Waals surface area contributed by atoms with Crippen molar-refractivity contribution in [2.45, 2.75) is 19.8 Å². The Balaban J connectivity index is 2.51. The van der Waals surface area contributed by atoms with Gasteiger partial charge in [0.1, 0.15) is 18.1 Å². The zero-order chi connectivity index (χ0) is 12.7. The fourth-order valence-electron chi connectivity index (χ4n) is 1.15. The van der Waals surface area contributed by atoms with Gasteiger partial charge in [-0.05, 0) is 6.92 Å². The van der Waals surface area contributed by atoms with E-state index in [1.165, 1.54) is 13.2 Å². The van der Waals surface area contributed by atoms with Crippen molar-refractivity contribution in [1.82, 2.24) is 0 Å². The Hall–Kier alpha value is -1.04. The molecular weight excluding hydrogens is 248 g/mol. The van der Waals surface area contributed by atoms with Crippen molar-refractivity contribution in [3.05, 3.63) is 28.3 Å². The summed E-state index contributed by atoms with van der Waals surface area (Å²) in [4.78, 5) is 11.1. The van der Waals surface area contributed by atoms with E-state index in [0.29, 0.717) is 24.0 Å². The molecule has 1 rings (SSSR count). The van der Waals surface area contributed by atoms with Crippen LogP contribution >= 0.6 is 11.6 Å². The first-order valence-corrected chi connectivity index (χ1v) is 5.66. The number of hydrogen-bond donors (Lipinski definition) is 0. The normalized spacial score (nSPS) is 12.4. The van der Waals surface area contributed by atoms with Crippen LogP contribution in [-0.4, -0.2) is 25.9 Å². The lowest BCUT2D eigenvalue weighted by Gasteiger charge is -2.12. The minimum atomic E-state index is -0.475. The Morgan fingerprint density at radius 3 is 2.82 bits per heavy atom. The van der Waals surface area contributed by atoms with E-state index in [-0.39, 0.29) is 6.61 Å². The van der Waals surface area contributed by atoms with E-state index in [4.69, 9.17) is 30.2 Å². The number of rotatable bonds is 7. The molecule has 1 aromatic rings. The number of methoxy groups -OCH3 is 1. The van der Waals surface area contributed by atoms with Crippen LogP contribution in [0.15, 0.2) is 21.3 Å². The van der Waals surface area contributed by atoms with Gasteiger partial charge >= 0.3 is 5.63 Å². The molecule has 0 bridgehead atoms. The average molecular weight is 263 g/mol. The van der Waals surface area contributed by atoms with Gasteiger partial charge < -0.3 is 18.6 Å². The summed E-state index contributed by atoms with van der Waals surface area (Å²) >= 11 is 5.47. The SMILES string of the molecule is COc1cc(COC(C)OCCCl)oc(=O)c1. The Labute approximate surface area is 104 Å². The van der Waals surface area contributed by atoms with E-state index in [2.05, 4.69) is 0 Å². The molecule has 0 radical (unpaired) electrons. The number of hydrogen-bond acceptors (Lipinski definition) is 5. The van der Waals surface area contributed by atoms with Crippen molar-refractivity contribution in [2.75, 3.05) is 19.6 Å². The fraction of sp³-hybridized carbons (Fsp3) is 0.545. The van der Waals surface area contributed by atoms with E-state index in [1.54, 1.807) is 13.0 Å². The molecule has 0 spiro atoms. The van der Waals surface area contributed by atoms with Crippen molar-refractivity contribution in [3.63, 3.8) is 0 Å². The molecule has 17 heavy (non-hydrogen) atoms. The third kappa shape index (κ3) is 5.21. The maximum atomic E-state index is 11.1. The minimum Gasteiger partial charge on any atom is -0.496 e. The van der Waals surface area contributed by atoms with Gasteiger partial charge in [0.2, 0.25) is 0 Å². The fourth-order valence-corrected chi connectivity index (χ4v) is 1.24. The van der Waals surface area contributed by atoms with Crippen LogP contribution in [-0.2, 0) is 16.1 Å². The smallest absolute Gasteiger partial charge is 0.339 e. The van der Waals surface area contributed by atoms with Crippen molar-refractivity contribution in [1.29, 1.82) is 0 Å². The van der Waals surface area contributed by atoms with Crippen LogP contribution in [0.4, 0.5) is 0 Å². The van der Waals surface area contributed by atoms with E-state index >= 15 is 0 Å². The van der Waals surface area contributed by atoms with E-state index in [0.717, 1.165) is 0 Å². The molecule has 0 fully saturated rings. The van der Waals surface area contributed by atoms with Gasteiger partial charge in [-0.2, -0.15) is 0 Å². The number of ether oxygens (including phenoxy) is 3. The minimum absolute atomic E-state index is 0.135. The monoisotopic (exact) mass is 262 g/mol. The molecule has 0 saturated heterocycles. The molecule has 1 unspecified atom stereocenters. The molecule has 0 saturated carbocycles. The third-order valence-corrected chi connectivity index (χ3v) is 2.08. The molecule has 0 amide bonds. The molecule has 0 aliphatic carbocycles. The molecule has 96 valence electrons. The maximum absolute atomic E-state index is 11.1. The van der Waals surface area contributed by atoms with Crippen LogP contribution in [0, 0.1) is 0 Å². The molecule has 6 heteroatoms. The van der Waals surface area contributed by atoms with Gasteiger partial charge in [-0.25, -0.2) is 4.79 Å². The van der Waals surface area contributed by atoms with Crippen molar-refractivity contribution < 1.29 is 18.6 Å². The van der Waals surface area contributed by atoms with Gasteiger partial charge in [0.15, 0.2) is 6.29 Å². The van der Waals surface area contributed by atoms with Crippen LogP contribution in [0.3, 0.4) is 0 Å². The standard InChI is InChI=1S/C11H15ClO5/c1-8(15-4-3-12)16-7-10-5-9(14-2)6-11(13)17-10/h5-6,8H,3-4,7H2,1-2H3. The second-order valence-corrected chi connectivity index (χ2v) is 3.60. The zero-order valence-electron chi connectivity index (χ0n) is 9.77. The summed E-state index contributed by atoms with van der Waals surface area (Å²) < 4.78 is 20.4. The Bertz CT molecular complexity index is 390. The lowest BCUT2D eigenvalue weighted by molar-refractivity contribution is -0.137. The predicted molar refractivity (Wildman–Crippen MR) is 62.5 cm³/mol. The molecule has 5 nitrogen and oxygen atoms in total. The van der Waals surface area contributed by atoms with E-state index in [1.807, 2.05) is 0 Å². The van der Waals surface area contributed by atoms with E-state index in [9.17, 15) is 4.79 Å². The van der Waals surface area contributed by atoms with Gasteiger partial charge in [0, 0.05) is 11.9 Å². The van der Waals surface area contributed by atoms with Gasteiger partial charge in [-0.1, -0.05) is 0 Å². The lowest BCUT2D eigenvalue weighted by Crippen LogP contribution is -2.14. The van der Waals surface area contributed by atoms with Crippen LogP contribution in [0.25, 0.3) is 0 Å². The Morgan fingerprint density at radius 1 is 1.41 bits per heavy atom. The Morgan fingerprint density at radius 2 is 2.18 bits per heavy atom.